The van der Waals surface area contributed by atoms with E-state index >= 15 is 0 Å². The topological polar surface area (TPSA) is 38.5 Å². The fraction of sp³-hybridized carbons (Fsp3) is 1.00. The summed E-state index contributed by atoms with van der Waals surface area (Å²) >= 11 is 0. The van der Waals surface area contributed by atoms with Gasteiger partial charge in [-0.3, -0.25) is 4.90 Å². The third-order valence-electron chi connectivity index (χ3n) is 3.53. The van der Waals surface area contributed by atoms with Gasteiger partial charge in [-0.1, -0.05) is 26.2 Å². The highest BCUT2D eigenvalue weighted by atomic mass is 16.5. The third kappa shape index (κ3) is 4.09. The van der Waals surface area contributed by atoms with Crippen LogP contribution >= 0.6 is 0 Å². The summed E-state index contributed by atoms with van der Waals surface area (Å²) in [4.78, 5) is 2.54. The van der Waals surface area contributed by atoms with Crippen LogP contribution in [0.1, 0.15) is 39.0 Å². The number of hydrogen-bond donors (Lipinski definition) is 1. The first-order chi connectivity index (χ1) is 7.31. The van der Waals surface area contributed by atoms with Crippen molar-refractivity contribution in [1.82, 2.24) is 4.90 Å². The van der Waals surface area contributed by atoms with Gasteiger partial charge in [0.05, 0.1) is 6.10 Å². The maximum absolute atomic E-state index is 5.66. The predicted molar refractivity (Wildman–Crippen MR) is 64.0 cm³/mol. The molecule has 15 heavy (non-hydrogen) atoms. The second kappa shape index (κ2) is 7.20. The Morgan fingerprint density at radius 3 is 2.47 bits per heavy atom. The summed E-state index contributed by atoms with van der Waals surface area (Å²) in [5.74, 6) is 0. The summed E-state index contributed by atoms with van der Waals surface area (Å²) < 4.78 is 5.36. The minimum absolute atomic E-state index is 0.201. The van der Waals surface area contributed by atoms with Gasteiger partial charge >= 0.3 is 0 Å². The molecule has 1 aliphatic carbocycles. The van der Waals surface area contributed by atoms with Gasteiger partial charge in [0.25, 0.3) is 0 Å². The van der Waals surface area contributed by atoms with Gasteiger partial charge in [-0.15, -0.1) is 0 Å². The average molecular weight is 214 g/mol. The SMILES string of the molecule is CCN(CC(CN)OC)C1CCCCC1. The van der Waals surface area contributed by atoms with Crippen LogP contribution < -0.4 is 5.73 Å². The Bertz CT molecular complexity index is 154. The molecular weight excluding hydrogens is 188 g/mol. The van der Waals surface area contributed by atoms with Gasteiger partial charge in [-0.25, -0.2) is 0 Å². The molecule has 1 rings (SSSR count). The Morgan fingerprint density at radius 1 is 1.33 bits per heavy atom. The fourth-order valence-corrected chi connectivity index (χ4v) is 2.49. The molecule has 1 fully saturated rings. The van der Waals surface area contributed by atoms with Crippen LogP contribution in [0.15, 0.2) is 0 Å². The molecule has 1 saturated carbocycles. The van der Waals surface area contributed by atoms with Crippen LogP contribution in [0.3, 0.4) is 0 Å². The molecule has 0 aromatic rings. The van der Waals surface area contributed by atoms with Gasteiger partial charge in [0.1, 0.15) is 0 Å². The molecule has 0 heterocycles. The molecule has 0 amide bonds. The summed E-state index contributed by atoms with van der Waals surface area (Å²) in [6, 6.07) is 0.771. The number of ether oxygens (including phenoxy) is 1. The molecule has 0 saturated heterocycles. The molecule has 2 N–H and O–H groups in total. The zero-order chi connectivity index (χ0) is 11.1. The lowest BCUT2D eigenvalue weighted by molar-refractivity contribution is 0.0477. The van der Waals surface area contributed by atoms with E-state index in [1.165, 1.54) is 32.1 Å². The van der Waals surface area contributed by atoms with Crippen LogP contribution in [0.25, 0.3) is 0 Å². The van der Waals surface area contributed by atoms with Gasteiger partial charge < -0.3 is 10.5 Å². The molecule has 0 aromatic carbocycles. The summed E-state index contributed by atoms with van der Waals surface area (Å²) in [6.45, 7) is 4.97. The van der Waals surface area contributed by atoms with Crippen LogP contribution in [-0.2, 0) is 4.74 Å². The monoisotopic (exact) mass is 214 g/mol. The van der Waals surface area contributed by atoms with Crippen molar-refractivity contribution in [3.63, 3.8) is 0 Å². The van der Waals surface area contributed by atoms with Gasteiger partial charge in [0.15, 0.2) is 0 Å². The van der Waals surface area contributed by atoms with Gasteiger partial charge in [-0.2, -0.15) is 0 Å². The van der Waals surface area contributed by atoms with E-state index in [0.717, 1.165) is 19.1 Å². The molecule has 1 atom stereocenters. The zero-order valence-electron chi connectivity index (χ0n) is 10.2. The molecule has 3 heteroatoms. The first-order valence-electron chi connectivity index (χ1n) is 6.28. The van der Waals surface area contributed by atoms with E-state index < -0.39 is 0 Å². The first-order valence-corrected chi connectivity index (χ1v) is 6.28. The van der Waals surface area contributed by atoms with Gasteiger partial charge in [0, 0.05) is 26.2 Å². The van der Waals surface area contributed by atoms with Crippen molar-refractivity contribution in [3.05, 3.63) is 0 Å². The highest BCUT2D eigenvalue weighted by Gasteiger charge is 2.21. The van der Waals surface area contributed by atoms with Gasteiger partial charge in [0.2, 0.25) is 0 Å². The van der Waals surface area contributed by atoms with E-state index in [1.807, 2.05) is 0 Å². The summed E-state index contributed by atoms with van der Waals surface area (Å²) in [7, 11) is 1.76. The lowest BCUT2D eigenvalue weighted by Crippen LogP contribution is -2.44. The number of hydrogen-bond acceptors (Lipinski definition) is 3. The molecule has 0 aliphatic heterocycles. The molecule has 1 aliphatic rings. The first kappa shape index (κ1) is 12.9. The van der Waals surface area contributed by atoms with Crippen LogP contribution in [0.2, 0.25) is 0 Å². The summed E-state index contributed by atoms with van der Waals surface area (Å²) in [5.41, 5.74) is 5.66. The molecular formula is C12H26N2O. The maximum Gasteiger partial charge on any atom is 0.0820 e. The highest BCUT2D eigenvalue weighted by molar-refractivity contribution is 4.77. The predicted octanol–water partition coefficient (Wildman–Crippen LogP) is 1.61. The smallest absolute Gasteiger partial charge is 0.0820 e. The molecule has 0 spiro atoms. The standard InChI is InChI=1S/C12H26N2O/c1-3-14(10-12(9-13)15-2)11-7-5-4-6-8-11/h11-12H,3-10,13H2,1-2H3. The quantitative estimate of drug-likeness (QED) is 0.730. The second-order valence-corrected chi connectivity index (χ2v) is 4.47. The average Bonchev–Trinajstić information content (AvgIpc) is 2.32. The minimum Gasteiger partial charge on any atom is -0.379 e. The van der Waals surface area contributed by atoms with Crippen LogP contribution in [0.4, 0.5) is 0 Å². The Morgan fingerprint density at radius 2 is 2.00 bits per heavy atom. The number of methoxy groups -OCH3 is 1. The summed E-state index contributed by atoms with van der Waals surface area (Å²) in [6.07, 6.45) is 7.11. The molecule has 0 radical (unpaired) electrons. The number of likely N-dealkylation sites (N-methyl/N-ethyl adjacent to an activating group) is 1. The molecule has 1 unspecified atom stereocenters. The van der Waals surface area contributed by atoms with Crippen LogP contribution in [0, 0.1) is 0 Å². The van der Waals surface area contributed by atoms with Crippen molar-refractivity contribution in [3.8, 4) is 0 Å². The lowest BCUT2D eigenvalue weighted by Gasteiger charge is -2.35. The molecule has 3 nitrogen and oxygen atoms in total. The van der Waals surface area contributed by atoms with Crippen molar-refractivity contribution < 1.29 is 4.74 Å². The number of rotatable bonds is 6. The molecule has 0 aromatic heterocycles. The normalized spacial score (nSPS) is 20.8. The van der Waals surface area contributed by atoms with E-state index in [9.17, 15) is 0 Å². The van der Waals surface area contributed by atoms with Crippen LogP contribution in [-0.4, -0.2) is 43.8 Å². The Balaban J connectivity index is 2.38. The van der Waals surface area contributed by atoms with Gasteiger partial charge in [-0.05, 0) is 19.4 Å². The molecule has 0 bridgehead atoms. The summed E-state index contributed by atoms with van der Waals surface area (Å²) in [5, 5.41) is 0. The van der Waals surface area contributed by atoms with E-state index in [2.05, 4.69) is 11.8 Å². The van der Waals surface area contributed by atoms with E-state index in [4.69, 9.17) is 10.5 Å². The largest absolute Gasteiger partial charge is 0.379 e. The minimum atomic E-state index is 0.201. The Labute approximate surface area is 94.0 Å². The lowest BCUT2D eigenvalue weighted by atomic mass is 9.94. The number of nitrogens with zero attached hydrogens (tertiary/aromatic N) is 1. The van der Waals surface area contributed by atoms with E-state index in [0.29, 0.717) is 6.54 Å². The second-order valence-electron chi connectivity index (χ2n) is 4.47. The highest BCUT2D eigenvalue weighted by Crippen LogP contribution is 2.22. The molecule has 90 valence electrons. The van der Waals surface area contributed by atoms with Crippen molar-refractivity contribution in [2.75, 3.05) is 26.7 Å². The van der Waals surface area contributed by atoms with Crippen molar-refractivity contribution in [2.24, 2.45) is 5.73 Å². The van der Waals surface area contributed by atoms with Crippen LogP contribution in [0.5, 0.6) is 0 Å². The Hall–Kier alpha value is -0.120. The zero-order valence-corrected chi connectivity index (χ0v) is 10.2. The van der Waals surface area contributed by atoms with Crippen molar-refractivity contribution in [1.29, 1.82) is 0 Å². The van der Waals surface area contributed by atoms with Crippen molar-refractivity contribution >= 4 is 0 Å². The van der Waals surface area contributed by atoms with E-state index in [-0.39, 0.29) is 6.10 Å². The maximum atomic E-state index is 5.66. The number of nitrogens with two attached hydrogens (primary N) is 1. The van der Waals surface area contributed by atoms with Crippen molar-refractivity contribution in [2.45, 2.75) is 51.2 Å². The fourth-order valence-electron chi connectivity index (χ4n) is 2.49. The third-order valence-corrected chi connectivity index (χ3v) is 3.53. The van der Waals surface area contributed by atoms with E-state index in [1.54, 1.807) is 7.11 Å². The Kier molecular flexibility index (Phi) is 6.22.